The fourth-order valence-electron chi connectivity index (χ4n) is 4.72. The van der Waals surface area contributed by atoms with E-state index in [1.807, 2.05) is 36.4 Å². The highest BCUT2D eigenvalue weighted by atomic mass is 16.3. The smallest absolute Gasteiger partial charge is 0.230 e. The third-order valence-electron chi connectivity index (χ3n) is 6.31. The maximum absolute atomic E-state index is 13.3. The molecule has 0 radical (unpaired) electrons. The molecule has 4 rings (SSSR count). The predicted molar refractivity (Wildman–Crippen MR) is 109 cm³/mol. The molecular weight excluding hydrogens is 350 g/mol. The highest BCUT2D eigenvalue weighted by Gasteiger charge is 2.44. The van der Waals surface area contributed by atoms with E-state index >= 15 is 0 Å². The second kappa shape index (κ2) is 8.41. The van der Waals surface area contributed by atoms with Crippen molar-refractivity contribution in [2.45, 2.75) is 56.2 Å². The van der Waals surface area contributed by atoms with Crippen molar-refractivity contribution in [3.8, 4) is 0 Å². The first-order chi connectivity index (χ1) is 13.7. The first-order valence-corrected chi connectivity index (χ1v) is 10.3. The molecule has 1 aliphatic carbocycles. The zero-order valence-electron chi connectivity index (χ0n) is 16.3. The number of hydrogen-bond donors (Lipinski definition) is 2. The number of hydrogen-bond acceptors (Lipinski definition) is 4. The third kappa shape index (κ3) is 3.96. The second-order valence-corrected chi connectivity index (χ2v) is 8.15. The zero-order valence-corrected chi connectivity index (χ0v) is 16.3. The molecule has 1 aliphatic heterocycles. The molecule has 2 aliphatic rings. The van der Waals surface area contributed by atoms with Crippen LogP contribution >= 0.6 is 0 Å². The molecule has 1 saturated heterocycles. The SMILES string of the molecule is O=C(N[C@@H]1CCN(Cc2ccccn2)C[C@H]1O)C1(c2ccccc2)CCCC1. The third-order valence-corrected chi connectivity index (χ3v) is 6.31. The van der Waals surface area contributed by atoms with E-state index in [0.717, 1.165) is 56.5 Å². The summed E-state index contributed by atoms with van der Waals surface area (Å²) in [6.45, 7) is 2.13. The molecule has 1 aromatic heterocycles. The number of piperidine rings is 1. The van der Waals surface area contributed by atoms with Gasteiger partial charge in [0, 0.05) is 25.8 Å². The molecule has 1 amide bonds. The molecule has 2 heterocycles. The van der Waals surface area contributed by atoms with E-state index in [0.29, 0.717) is 6.54 Å². The number of benzene rings is 1. The number of aliphatic hydroxyl groups is 1. The van der Waals surface area contributed by atoms with Crippen LogP contribution in [0.5, 0.6) is 0 Å². The summed E-state index contributed by atoms with van der Waals surface area (Å²) >= 11 is 0. The molecule has 5 nitrogen and oxygen atoms in total. The molecule has 148 valence electrons. The molecule has 28 heavy (non-hydrogen) atoms. The number of nitrogens with one attached hydrogen (secondary N) is 1. The fraction of sp³-hybridized carbons (Fsp3) is 0.478. The lowest BCUT2D eigenvalue weighted by Crippen LogP contribution is -2.57. The number of amides is 1. The van der Waals surface area contributed by atoms with Crippen molar-refractivity contribution in [2.75, 3.05) is 13.1 Å². The van der Waals surface area contributed by atoms with Crippen LogP contribution in [-0.4, -0.2) is 46.1 Å². The summed E-state index contributed by atoms with van der Waals surface area (Å²) in [6, 6.07) is 15.8. The summed E-state index contributed by atoms with van der Waals surface area (Å²) in [7, 11) is 0. The summed E-state index contributed by atoms with van der Waals surface area (Å²) in [5.74, 6) is 0.0819. The highest BCUT2D eigenvalue weighted by Crippen LogP contribution is 2.41. The van der Waals surface area contributed by atoms with Crippen molar-refractivity contribution in [2.24, 2.45) is 0 Å². The van der Waals surface area contributed by atoms with Gasteiger partial charge in [0.05, 0.1) is 23.3 Å². The first-order valence-electron chi connectivity index (χ1n) is 10.3. The Balaban J connectivity index is 1.39. The average molecular weight is 380 g/mol. The van der Waals surface area contributed by atoms with Gasteiger partial charge in [0.25, 0.3) is 0 Å². The van der Waals surface area contributed by atoms with E-state index in [1.54, 1.807) is 6.20 Å². The minimum absolute atomic E-state index is 0.0819. The Bertz CT molecular complexity index is 775. The van der Waals surface area contributed by atoms with Crippen molar-refractivity contribution in [3.63, 3.8) is 0 Å². The summed E-state index contributed by atoms with van der Waals surface area (Å²) in [5, 5.41) is 13.9. The summed E-state index contributed by atoms with van der Waals surface area (Å²) in [6.07, 6.45) is 5.92. The van der Waals surface area contributed by atoms with Crippen LogP contribution in [0.3, 0.4) is 0 Å². The Morgan fingerprint density at radius 3 is 2.57 bits per heavy atom. The van der Waals surface area contributed by atoms with Gasteiger partial charge in [-0.3, -0.25) is 14.7 Å². The van der Waals surface area contributed by atoms with Crippen molar-refractivity contribution in [3.05, 3.63) is 66.0 Å². The Labute approximate surface area is 166 Å². The van der Waals surface area contributed by atoms with Gasteiger partial charge in [-0.1, -0.05) is 49.2 Å². The maximum Gasteiger partial charge on any atom is 0.230 e. The van der Waals surface area contributed by atoms with Crippen molar-refractivity contribution in [1.29, 1.82) is 0 Å². The molecule has 2 atom stereocenters. The highest BCUT2D eigenvalue weighted by molar-refractivity contribution is 5.88. The lowest BCUT2D eigenvalue weighted by Gasteiger charge is -2.38. The minimum Gasteiger partial charge on any atom is -0.390 e. The van der Waals surface area contributed by atoms with Crippen LogP contribution in [0.4, 0.5) is 0 Å². The van der Waals surface area contributed by atoms with Gasteiger partial charge in [-0.2, -0.15) is 0 Å². The molecule has 1 saturated carbocycles. The number of aromatic nitrogens is 1. The van der Waals surface area contributed by atoms with Gasteiger partial charge >= 0.3 is 0 Å². The van der Waals surface area contributed by atoms with E-state index in [-0.39, 0.29) is 11.9 Å². The molecule has 0 unspecified atom stereocenters. The van der Waals surface area contributed by atoms with Crippen molar-refractivity contribution >= 4 is 5.91 Å². The Hall–Kier alpha value is -2.24. The van der Waals surface area contributed by atoms with E-state index < -0.39 is 11.5 Å². The maximum atomic E-state index is 13.3. The Morgan fingerprint density at radius 2 is 1.89 bits per heavy atom. The minimum atomic E-state index is -0.560. The van der Waals surface area contributed by atoms with Gasteiger partial charge < -0.3 is 10.4 Å². The van der Waals surface area contributed by atoms with Gasteiger partial charge in [0.1, 0.15) is 0 Å². The lowest BCUT2D eigenvalue weighted by atomic mass is 9.77. The average Bonchev–Trinajstić information content (AvgIpc) is 3.23. The van der Waals surface area contributed by atoms with Crippen LogP contribution in [0.1, 0.15) is 43.4 Å². The number of likely N-dealkylation sites (tertiary alicyclic amines) is 1. The molecule has 2 N–H and O–H groups in total. The van der Waals surface area contributed by atoms with Crippen molar-refractivity contribution in [1.82, 2.24) is 15.2 Å². The molecular formula is C23H29N3O2. The second-order valence-electron chi connectivity index (χ2n) is 8.15. The molecule has 0 spiro atoms. The number of carbonyl (C=O) groups excluding carboxylic acids is 1. The number of pyridine rings is 1. The van der Waals surface area contributed by atoms with E-state index in [4.69, 9.17) is 0 Å². The summed E-state index contributed by atoms with van der Waals surface area (Å²) in [4.78, 5) is 19.9. The van der Waals surface area contributed by atoms with Crippen LogP contribution in [0, 0.1) is 0 Å². The number of β-amino-alcohol motifs (C(OH)–C–C–N with tert-alkyl or cyclic N) is 1. The molecule has 1 aromatic carbocycles. The van der Waals surface area contributed by atoms with Crippen LogP contribution < -0.4 is 5.32 Å². The fourth-order valence-corrected chi connectivity index (χ4v) is 4.72. The standard InChI is InChI=1S/C23H29N3O2/c27-21-17-26(16-19-10-4-7-14-24-19)15-11-20(21)25-22(28)23(12-5-6-13-23)18-8-2-1-3-9-18/h1-4,7-10,14,20-21,27H,5-6,11-13,15-17H2,(H,25,28)/t20-,21-/m1/s1. The van der Waals surface area contributed by atoms with E-state index in [1.165, 1.54) is 0 Å². The zero-order chi connectivity index (χ0) is 19.4. The number of rotatable bonds is 5. The van der Waals surface area contributed by atoms with Gasteiger partial charge in [-0.25, -0.2) is 0 Å². The van der Waals surface area contributed by atoms with Gasteiger partial charge in [-0.15, -0.1) is 0 Å². The van der Waals surface area contributed by atoms with E-state index in [9.17, 15) is 9.90 Å². The predicted octanol–water partition coefficient (Wildman–Crippen LogP) is 2.64. The van der Waals surface area contributed by atoms with Crippen LogP contribution in [-0.2, 0) is 16.8 Å². The van der Waals surface area contributed by atoms with Gasteiger partial charge in [0.2, 0.25) is 5.91 Å². The molecule has 2 fully saturated rings. The topological polar surface area (TPSA) is 65.5 Å². The van der Waals surface area contributed by atoms with Gasteiger partial charge in [0.15, 0.2) is 0 Å². The Morgan fingerprint density at radius 1 is 1.14 bits per heavy atom. The molecule has 2 aromatic rings. The quantitative estimate of drug-likeness (QED) is 0.838. The van der Waals surface area contributed by atoms with E-state index in [2.05, 4.69) is 27.3 Å². The normalized spacial score (nSPS) is 24.8. The van der Waals surface area contributed by atoms with Gasteiger partial charge in [-0.05, 0) is 37.0 Å². The summed E-state index contributed by atoms with van der Waals surface area (Å²) < 4.78 is 0. The summed E-state index contributed by atoms with van der Waals surface area (Å²) in [5.41, 5.74) is 1.67. The molecule has 0 bridgehead atoms. The lowest BCUT2D eigenvalue weighted by molar-refractivity contribution is -0.129. The monoisotopic (exact) mass is 379 g/mol. The van der Waals surface area contributed by atoms with Crippen LogP contribution in [0.25, 0.3) is 0 Å². The Kier molecular flexibility index (Phi) is 5.74. The number of nitrogens with zero attached hydrogens (tertiary/aromatic N) is 2. The van der Waals surface area contributed by atoms with Crippen LogP contribution in [0.2, 0.25) is 0 Å². The largest absolute Gasteiger partial charge is 0.390 e. The van der Waals surface area contributed by atoms with Crippen LogP contribution in [0.15, 0.2) is 54.7 Å². The number of aliphatic hydroxyl groups excluding tert-OH is 1. The molecule has 5 heteroatoms. The number of carbonyl (C=O) groups is 1. The first kappa shape index (κ1) is 19.1. The van der Waals surface area contributed by atoms with Crippen molar-refractivity contribution < 1.29 is 9.90 Å².